The summed E-state index contributed by atoms with van der Waals surface area (Å²) < 4.78 is 0. The molecule has 0 bridgehead atoms. The van der Waals surface area contributed by atoms with Gasteiger partial charge in [-0.2, -0.15) is 0 Å². The van der Waals surface area contributed by atoms with Gasteiger partial charge in [0.15, 0.2) is 0 Å². The first-order chi connectivity index (χ1) is 9.65. The molecule has 1 nitrogen and oxygen atoms in total. The van der Waals surface area contributed by atoms with Crippen LogP contribution >= 0.6 is 11.8 Å². The molecule has 0 fully saturated rings. The van der Waals surface area contributed by atoms with E-state index in [-0.39, 0.29) is 0 Å². The van der Waals surface area contributed by atoms with Crippen LogP contribution in [0, 0.1) is 6.92 Å². The maximum atomic E-state index is 4.14. The number of likely N-dealkylation sites (N-methyl/N-ethyl adjacent to an activating group) is 1. The third-order valence-corrected chi connectivity index (χ3v) is 4.57. The Labute approximate surface area is 124 Å². The molecular weight excluding hydrogens is 262 g/mol. The normalized spacial score (nSPS) is 14.0. The minimum Gasteiger partial charge on any atom is -0.345 e. The van der Waals surface area contributed by atoms with Crippen LogP contribution in [0.2, 0.25) is 0 Å². The topological polar surface area (TPSA) is 3.24 Å². The lowest BCUT2D eigenvalue weighted by molar-refractivity contribution is 1.13. The molecule has 1 aliphatic rings. The van der Waals surface area contributed by atoms with Crippen molar-refractivity contribution in [1.82, 2.24) is 0 Å². The van der Waals surface area contributed by atoms with Crippen molar-refractivity contribution in [2.75, 3.05) is 11.9 Å². The fraction of sp³-hybridized carbons (Fsp3) is 0.111. The van der Waals surface area contributed by atoms with E-state index >= 15 is 0 Å². The molecule has 0 saturated heterocycles. The number of thioether (sulfide) groups is 1. The molecule has 0 spiro atoms. The van der Waals surface area contributed by atoms with Crippen LogP contribution in [-0.2, 0) is 0 Å². The maximum absolute atomic E-state index is 4.14. The lowest BCUT2D eigenvalue weighted by Crippen LogP contribution is -2.18. The van der Waals surface area contributed by atoms with Crippen molar-refractivity contribution < 1.29 is 0 Å². The average Bonchev–Trinajstić information content (AvgIpc) is 2.47. The summed E-state index contributed by atoms with van der Waals surface area (Å²) in [6.07, 6.45) is 2.16. The summed E-state index contributed by atoms with van der Waals surface area (Å²) >= 11 is 1.80. The number of rotatable bonds is 2. The van der Waals surface area contributed by atoms with Gasteiger partial charge in [0, 0.05) is 33.8 Å². The highest BCUT2D eigenvalue weighted by Crippen LogP contribution is 2.43. The predicted molar refractivity (Wildman–Crippen MR) is 89.0 cm³/mol. The highest BCUT2D eigenvalue weighted by atomic mass is 32.2. The van der Waals surface area contributed by atoms with E-state index in [0.29, 0.717) is 0 Å². The fourth-order valence-corrected chi connectivity index (χ4v) is 3.28. The maximum Gasteiger partial charge on any atom is 0.0493 e. The summed E-state index contributed by atoms with van der Waals surface area (Å²) in [6, 6.07) is 17.1. The molecule has 1 heterocycles. The Kier molecular flexibility index (Phi) is 3.41. The van der Waals surface area contributed by atoms with Gasteiger partial charge in [0.05, 0.1) is 0 Å². The van der Waals surface area contributed by atoms with Gasteiger partial charge in [-0.15, -0.1) is 0 Å². The lowest BCUT2D eigenvalue weighted by atomic mass is 10.1. The van der Waals surface area contributed by atoms with Gasteiger partial charge in [0.25, 0.3) is 0 Å². The molecular formula is C18H17NS. The van der Waals surface area contributed by atoms with E-state index in [1.807, 2.05) is 0 Å². The average molecular weight is 279 g/mol. The first-order valence-corrected chi connectivity index (χ1v) is 7.45. The van der Waals surface area contributed by atoms with Gasteiger partial charge < -0.3 is 4.90 Å². The van der Waals surface area contributed by atoms with Crippen LogP contribution in [0.25, 0.3) is 4.91 Å². The molecule has 0 atom stereocenters. The van der Waals surface area contributed by atoms with Crippen LogP contribution in [0.1, 0.15) is 11.1 Å². The van der Waals surface area contributed by atoms with E-state index < -0.39 is 0 Å². The minimum absolute atomic E-state index is 1.03. The zero-order valence-corrected chi connectivity index (χ0v) is 12.6. The number of nitrogens with zero attached hydrogens (tertiary/aromatic N) is 1. The van der Waals surface area contributed by atoms with E-state index in [2.05, 4.69) is 80.1 Å². The van der Waals surface area contributed by atoms with Gasteiger partial charge in [0.2, 0.25) is 0 Å². The second-order valence-electron chi connectivity index (χ2n) is 4.99. The van der Waals surface area contributed by atoms with Gasteiger partial charge in [-0.05, 0) is 31.2 Å². The molecule has 100 valence electrons. The molecule has 0 N–H and O–H groups in total. The van der Waals surface area contributed by atoms with Gasteiger partial charge in [-0.3, -0.25) is 0 Å². The number of anilines is 1. The van der Waals surface area contributed by atoms with E-state index in [0.717, 1.165) is 5.70 Å². The largest absolute Gasteiger partial charge is 0.345 e. The van der Waals surface area contributed by atoms with Gasteiger partial charge in [-0.25, -0.2) is 0 Å². The molecule has 2 aromatic carbocycles. The Morgan fingerprint density at radius 1 is 1.00 bits per heavy atom. The van der Waals surface area contributed by atoms with Crippen LogP contribution in [0.3, 0.4) is 0 Å². The second-order valence-corrected chi connectivity index (χ2v) is 6.11. The molecule has 0 aromatic heterocycles. The predicted octanol–water partition coefficient (Wildman–Crippen LogP) is 5.09. The quantitative estimate of drug-likeness (QED) is 0.753. The van der Waals surface area contributed by atoms with Crippen molar-refractivity contribution in [3.63, 3.8) is 0 Å². The summed E-state index contributed by atoms with van der Waals surface area (Å²) in [7, 11) is 2.06. The molecule has 0 amide bonds. The highest BCUT2D eigenvalue weighted by molar-refractivity contribution is 8.08. The molecule has 1 aliphatic heterocycles. The number of para-hydroxylation sites is 1. The molecule has 0 saturated carbocycles. The summed E-state index contributed by atoms with van der Waals surface area (Å²) in [5, 5.41) is 0. The molecule has 3 rings (SSSR count). The summed E-state index contributed by atoms with van der Waals surface area (Å²) in [4.78, 5) is 4.65. The van der Waals surface area contributed by atoms with Gasteiger partial charge in [-0.1, -0.05) is 54.2 Å². The van der Waals surface area contributed by atoms with Crippen LogP contribution < -0.4 is 4.90 Å². The second kappa shape index (κ2) is 5.22. The van der Waals surface area contributed by atoms with Crippen molar-refractivity contribution in [3.05, 3.63) is 78.0 Å². The van der Waals surface area contributed by atoms with Gasteiger partial charge in [0.1, 0.15) is 0 Å². The van der Waals surface area contributed by atoms with E-state index in [4.69, 9.17) is 0 Å². The molecule has 2 heteroatoms. The Morgan fingerprint density at radius 2 is 1.70 bits per heavy atom. The Bertz CT molecular complexity index is 683. The van der Waals surface area contributed by atoms with Crippen molar-refractivity contribution in [1.29, 1.82) is 0 Å². The zero-order chi connectivity index (χ0) is 14.1. The SMILES string of the molecule is C=C1C=C(Sc2ccc(C)cc2)c2ccccc2N1C. The number of fused-ring (bicyclic) bond motifs is 1. The summed E-state index contributed by atoms with van der Waals surface area (Å²) in [6.45, 7) is 6.25. The number of hydrogen-bond acceptors (Lipinski definition) is 2. The van der Waals surface area contributed by atoms with Crippen molar-refractivity contribution >= 4 is 22.4 Å². The number of allylic oxidation sites excluding steroid dienone is 1. The monoisotopic (exact) mass is 279 g/mol. The van der Waals surface area contributed by atoms with E-state index in [1.54, 1.807) is 11.8 Å². The number of benzene rings is 2. The Hall–Kier alpha value is -1.93. The summed E-state index contributed by atoms with van der Waals surface area (Å²) in [5.41, 5.74) is 4.80. The number of aryl methyl sites for hydroxylation is 1. The Morgan fingerprint density at radius 3 is 2.45 bits per heavy atom. The third kappa shape index (κ3) is 2.39. The van der Waals surface area contributed by atoms with Crippen molar-refractivity contribution in [2.24, 2.45) is 0 Å². The molecule has 2 aromatic rings. The molecule has 0 radical (unpaired) electrons. The Balaban J connectivity index is 1.98. The highest BCUT2D eigenvalue weighted by Gasteiger charge is 2.18. The van der Waals surface area contributed by atoms with Crippen LogP contribution in [0.15, 0.2) is 71.8 Å². The number of hydrogen-bond donors (Lipinski definition) is 0. The lowest BCUT2D eigenvalue weighted by Gasteiger charge is -2.28. The van der Waals surface area contributed by atoms with E-state index in [1.165, 1.54) is 26.6 Å². The first-order valence-electron chi connectivity index (χ1n) is 6.63. The van der Waals surface area contributed by atoms with E-state index in [9.17, 15) is 0 Å². The molecule has 0 unspecified atom stereocenters. The van der Waals surface area contributed by atoms with Crippen LogP contribution in [0.5, 0.6) is 0 Å². The fourth-order valence-electron chi connectivity index (χ4n) is 2.27. The molecule has 20 heavy (non-hydrogen) atoms. The zero-order valence-electron chi connectivity index (χ0n) is 11.8. The van der Waals surface area contributed by atoms with Gasteiger partial charge >= 0.3 is 0 Å². The third-order valence-electron chi connectivity index (χ3n) is 3.51. The van der Waals surface area contributed by atoms with Crippen LogP contribution in [-0.4, -0.2) is 7.05 Å². The van der Waals surface area contributed by atoms with Crippen molar-refractivity contribution in [2.45, 2.75) is 11.8 Å². The van der Waals surface area contributed by atoms with Crippen molar-refractivity contribution in [3.8, 4) is 0 Å². The van der Waals surface area contributed by atoms with Crippen LogP contribution in [0.4, 0.5) is 5.69 Å². The summed E-state index contributed by atoms with van der Waals surface area (Å²) in [5.74, 6) is 0. The molecule has 0 aliphatic carbocycles. The smallest absolute Gasteiger partial charge is 0.0493 e. The minimum atomic E-state index is 1.03. The standard InChI is InChI=1S/C18H17NS/c1-13-8-10-15(11-9-13)20-18-12-14(2)19(3)17-7-5-4-6-16(17)18/h4-12H,2H2,1,3H3. The first kappa shape index (κ1) is 13.1.